The normalized spacial score (nSPS) is 21.9. The fraction of sp³-hybridized carbons (Fsp3) is 0.533. The lowest BCUT2D eigenvalue weighted by Gasteiger charge is -2.27. The van der Waals surface area contributed by atoms with Crippen LogP contribution in [0.4, 0.5) is 4.79 Å². The first-order valence-electron chi connectivity index (χ1n) is 7.41. The van der Waals surface area contributed by atoms with Gasteiger partial charge in [-0.05, 0) is 36.7 Å². The molecule has 2 aromatic heterocycles. The highest BCUT2D eigenvalue weighted by Crippen LogP contribution is 2.33. The summed E-state index contributed by atoms with van der Waals surface area (Å²) < 4.78 is 7.97. The van der Waals surface area contributed by atoms with Crippen LogP contribution in [0.3, 0.4) is 0 Å². The summed E-state index contributed by atoms with van der Waals surface area (Å²) in [4.78, 5) is 22.6. The summed E-state index contributed by atoms with van der Waals surface area (Å²) in [5.41, 5.74) is 0.823. The van der Waals surface area contributed by atoms with Gasteiger partial charge in [0.25, 0.3) is 0 Å². The Balaban J connectivity index is 1.90. The van der Waals surface area contributed by atoms with Crippen molar-refractivity contribution in [2.24, 2.45) is 0 Å². The Morgan fingerprint density at radius 2 is 2.17 bits per heavy atom. The van der Waals surface area contributed by atoms with Crippen molar-refractivity contribution in [1.82, 2.24) is 19.3 Å². The number of hydrogen-bond donors (Lipinski definition) is 1. The smallest absolute Gasteiger partial charge is 0.410 e. The molecule has 3 rings (SSSR count). The van der Waals surface area contributed by atoms with Crippen LogP contribution in [0.5, 0.6) is 0 Å². The standard InChI is InChI=1S/C15H19BrN4O3/c1-15(2,3)23-14(22)20-6-9(21)4-11(20)10-7-19-8-12(16)17-5-13(19)18-10/h5,7-9,11,21H,4,6H2,1-3H3/t9-,11+/m0/s1. The van der Waals surface area contributed by atoms with Gasteiger partial charge in [0, 0.05) is 18.8 Å². The maximum atomic E-state index is 12.4. The zero-order valence-electron chi connectivity index (χ0n) is 13.2. The van der Waals surface area contributed by atoms with Crippen LogP contribution in [0, 0.1) is 0 Å². The number of ether oxygens (including phenoxy) is 1. The van der Waals surface area contributed by atoms with Crippen LogP contribution in [-0.2, 0) is 4.74 Å². The maximum Gasteiger partial charge on any atom is 0.410 e. The summed E-state index contributed by atoms with van der Waals surface area (Å²) in [6.45, 7) is 5.71. The predicted octanol–water partition coefficient (Wildman–Crippen LogP) is 2.53. The van der Waals surface area contributed by atoms with E-state index in [2.05, 4.69) is 25.9 Å². The number of aliphatic hydroxyl groups is 1. The van der Waals surface area contributed by atoms with E-state index >= 15 is 0 Å². The number of amides is 1. The van der Waals surface area contributed by atoms with E-state index in [4.69, 9.17) is 4.74 Å². The average molecular weight is 383 g/mol. The molecule has 0 saturated carbocycles. The van der Waals surface area contributed by atoms with Gasteiger partial charge in [-0.1, -0.05) is 0 Å². The molecule has 0 radical (unpaired) electrons. The van der Waals surface area contributed by atoms with E-state index in [0.717, 1.165) is 0 Å². The molecule has 1 aliphatic rings. The summed E-state index contributed by atoms with van der Waals surface area (Å²) in [6.07, 6.45) is 4.73. The first-order valence-corrected chi connectivity index (χ1v) is 8.20. The molecule has 7 nitrogen and oxygen atoms in total. The third kappa shape index (κ3) is 3.48. The number of carbonyl (C=O) groups excluding carboxylic acids is 1. The fourth-order valence-electron chi connectivity index (χ4n) is 2.67. The van der Waals surface area contributed by atoms with Gasteiger partial charge >= 0.3 is 6.09 Å². The zero-order chi connectivity index (χ0) is 16.8. The summed E-state index contributed by atoms with van der Waals surface area (Å²) in [6, 6.07) is -0.307. The van der Waals surface area contributed by atoms with Crippen molar-refractivity contribution in [3.8, 4) is 0 Å². The molecule has 1 aliphatic heterocycles. The third-order valence-electron chi connectivity index (χ3n) is 3.58. The van der Waals surface area contributed by atoms with Crippen molar-refractivity contribution < 1.29 is 14.6 Å². The van der Waals surface area contributed by atoms with Gasteiger partial charge in [-0.15, -0.1) is 0 Å². The number of aromatic nitrogens is 3. The molecular weight excluding hydrogens is 364 g/mol. The molecule has 2 aromatic rings. The SMILES string of the molecule is CC(C)(C)OC(=O)N1C[C@@H](O)C[C@@H]1c1cn2cc(Br)ncc2n1. The lowest BCUT2D eigenvalue weighted by atomic mass is 10.1. The maximum absolute atomic E-state index is 12.4. The average Bonchev–Trinajstić information content (AvgIpc) is 2.99. The fourth-order valence-corrected chi connectivity index (χ4v) is 2.99. The largest absolute Gasteiger partial charge is 0.444 e. The lowest BCUT2D eigenvalue weighted by Crippen LogP contribution is -2.37. The van der Waals surface area contributed by atoms with Crippen molar-refractivity contribution >= 4 is 27.7 Å². The highest BCUT2D eigenvalue weighted by molar-refractivity contribution is 9.10. The zero-order valence-corrected chi connectivity index (χ0v) is 14.8. The Hall–Kier alpha value is -1.67. The van der Waals surface area contributed by atoms with Crippen LogP contribution < -0.4 is 0 Å². The molecular formula is C15H19BrN4O3. The van der Waals surface area contributed by atoms with E-state index in [1.165, 1.54) is 0 Å². The Labute approximate surface area is 142 Å². The molecule has 2 atom stereocenters. The van der Waals surface area contributed by atoms with E-state index < -0.39 is 17.8 Å². The number of hydrogen-bond acceptors (Lipinski definition) is 5. The molecule has 3 heterocycles. The molecule has 1 N–H and O–H groups in total. The quantitative estimate of drug-likeness (QED) is 0.819. The predicted molar refractivity (Wildman–Crippen MR) is 87.0 cm³/mol. The minimum Gasteiger partial charge on any atom is -0.444 e. The number of likely N-dealkylation sites (tertiary alicyclic amines) is 1. The molecule has 0 unspecified atom stereocenters. The number of imidazole rings is 1. The van der Waals surface area contributed by atoms with Crippen molar-refractivity contribution in [3.63, 3.8) is 0 Å². The first kappa shape index (κ1) is 16.2. The molecule has 1 saturated heterocycles. The summed E-state index contributed by atoms with van der Waals surface area (Å²) >= 11 is 3.32. The van der Waals surface area contributed by atoms with E-state index in [1.807, 2.05) is 31.4 Å². The highest BCUT2D eigenvalue weighted by Gasteiger charge is 2.38. The topological polar surface area (TPSA) is 80.0 Å². The third-order valence-corrected chi connectivity index (χ3v) is 3.99. The van der Waals surface area contributed by atoms with Crippen LogP contribution in [0.1, 0.15) is 38.9 Å². The van der Waals surface area contributed by atoms with E-state index in [1.54, 1.807) is 17.3 Å². The summed E-state index contributed by atoms with van der Waals surface area (Å²) in [5, 5.41) is 9.99. The first-order chi connectivity index (χ1) is 10.7. The molecule has 0 bridgehead atoms. The number of halogens is 1. The monoisotopic (exact) mass is 382 g/mol. The lowest BCUT2D eigenvalue weighted by molar-refractivity contribution is 0.0204. The molecule has 0 aromatic carbocycles. The number of rotatable bonds is 1. The molecule has 1 fully saturated rings. The highest BCUT2D eigenvalue weighted by atomic mass is 79.9. The van der Waals surface area contributed by atoms with Gasteiger partial charge in [0.15, 0.2) is 5.65 Å². The van der Waals surface area contributed by atoms with Crippen LogP contribution >= 0.6 is 15.9 Å². The Kier molecular flexibility index (Phi) is 4.05. The van der Waals surface area contributed by atoms with Gasteiger partial charge < -0.3 is 14.2 Å². The molecule has 0 aliphatic carbocycles. The van der Waals surface area contributed by atoms with E-state index in [9.17, 15) is 9.90 Å². The minimum absolute atomic E-state index is 0.245. The Morgan fingerprint density at radius 3 is 2.87 bits per heavy atom. The molecule has 8 heteroatoms. The number of nitrogens with zero attached hydrogens (tertiary/aromatic N) is 4. The van der Waals surface area contributed by atoms with Crippen LogP contribution in [-0.4, -0.2) is 48.7 Å². The summed E-state index contributed by atoms with van der Waals surface area (Å²) in [7, 11) is 0. The van der Waals surface area contributed by atoms with Crippen molar-refractivity contribution in [3.05, 3.63) is 28.9 Å². The van der Waals surface area contributed by atoms with Crippen LogP contribution in [0.2, 0.25) is 0 Å². The van der Waals surface area contributed by atoms with Gasteiger partial charge in [0.2, 0.25) is 0 Å². The van der Waals surface area contributed by atoms with Gasteiger partial charge in [-0.2, -0.15) is 0 Å². The molecule has 0 spiro atoms. The molecule has 1 amide bonds. The van der Waals surface area contributed by atoms with Gasteiger partial charge in [-0.25, -0.2) is 14.8 Å². The minimum atomic E-state index is -0.581. The Bertz CT molecular complexity index is 740. The van der Waals surface area contributed by atoms with Gasteiger partial charge in [-0.3, -0.25) is 4.90 Å². The number of carbonyl (C=O) groups is 1. The molecule has 23 heavy (non-hydrogen) atoms. The van der Waals surface area contributed by atoms with Crippen LogP contribution in [0.15, 0.2) is 23.2 Å². The Morgan fingerprint density at radius 1 is 1.43 bits per heavy atom. The second-order valence-electron chi connectivity index (χ2n) is 6.68. The van der Waals surface area contributed by atoms with Crippen molar-refractivity contribution in [1.29, 1.82) is 0 Å². The number of aliphatic hydroxyl groups excluding tert-OH is 1. The van der Waals surface area contributed by atoms with Gasteiger partial charge in [0.1, 0.15) is 10.2 Å². The van der Waals surface area contributed by atoms with Crippen molar-refractivity contribution in [2.75, 3.05) is 6.54 Å². The van der Waals surface area contributed by atoms with Crippen molar-refractivity contribution in [2.45, 2.75) is 44.9 Å². The van der Waals surface area contributed by atoms with E-state index in [-0.39, 0.29) is 12.6 Å². The second-order valence-corrected chi connectivity index (χ2v) is 7.49. The van der Waals surface area contributed by atoms with Crippen LogP contribution in [0.25, 0.3) is 5.65 Å². The number of fused-ring (bicyclic) bond motifs is 1. The second kappa shape index (κ2) is 5.76. The molecule has 124 valence electrons. The summed E-state index contributed by atoms with van der Waals surface area (Å²) in [5.74, 6) is 0. The number of β-amino-alcohol motifs (C(OH)–C–C–N with tert-alkyl or cyclic N) is 1. The van der Waals surface area contributed by atoms with E-state index in [0.29, 0.717) is 22.4 Å². The van der Waals surface area contributed by atoms with Gasteiger partial charge in [0.05, 0.1) is 30.6 Å².